The molecule has 5 heteroatoms. The second-order valence-electron chi connectivity index (χ2n) is 4.94. The summed E-state index contributed by atoms with van der Waals surface area (Å²) in [5.74, 6) is 1.71. The first-order valence-electron chi connectivity index (χ1n) is 7.40. The normalized spacial score (nSPS) is 13.3. The topological polar surface area (TPSA) is 61.6 Å². The van der Waals surface area contributed by atoms with Crippen molar-refractivity contribution in [1.29, 1.82) is 0 Å². The fraction of sp³-hybridized carbons (Fsp3) is 0.562. The van der Waals surface area contributed by atoms with E-state index in [0.29, 0.717) is 13.3 Å². The maximum Gasteiger partial charge on any atom is 0.231 e. The Morgan fingerprint density at radius 2 is 2.05 bits per heavy atom. The van der Waals surface area contributed by atoms with Crippen molar-refractivity contribution < 1.29 is 14.3 Å². The quantitative estimate of drug-likeness (QED) is 0.810. The van der Waals surface area contributed by atoms with Crippen molar-refractivity contribution in [2.75, 3.05) is 6.79 Å². The molecule has 1 aromatic rings. The lowest BCUT2D eigenvalue weighted by Gasteiger charge is -2.06. The zero-order chi connectivity index (χ0) is 15.7. The molecule has 1 atom stereocenters. The third-order valence-corrected chi connectivity index (χ3v) is 3.70. The number of ether oxygens (including phenoxy) is 2. The molecule has 2 N–H and O–H groups in total. The van der Waals surface area contributed by atoms with E-state index in [-0.39, 0.29) is 11.2 Å². The van der Waals surface area contributed by atoms with Crippen LogP contribution in [0.25, 0.3) is 0 Å². The molecular formula is C16H24ClNO3. The van der Waals surface area contributed by atoms with E-state index in [1.54, 1.807) is 0 Å². The number of fused-ring (bicyclic) bond motifs is 1. The van der Waals surface area contributed by atoms with Gasteiger partial charge in [0.1, 0.15) is 0 Å². The van der Waals surface area contributed by atoms with E-state index < -0.39 is 0 Å². The van der Waals surface area contributed by atoms with E-state index in [4.69, 9.17) is 26.8 Å². The summed E-state index contributed by atoms with van der Waals surface area (Å²) in [6.45, 7) is 4.98. The van der Waals surface area contributed by atoms with Gasteiger partial charge in [-0.2, -0.15) is 0 Å². The minimum absolute atomic E-state index is 0.0987. The summed E-state index contributed by atoms with van der Waals surface area (Å²) >= 11 is 5.34. The van der Waals surface area contributed by atoms with Gasteiger partial charge in [0.25, 0.3) is 0 Å². The van der Waals surface area contributed by atoms with Gasteiger partial charge in [0, 0.05) is 12.5 Å². The van der Waals surface area contributed by atoms with Crippen LogP contribution in [0.2, 0.25) is 0 Å². The molecule has 0 aromatic heterocycles. The van der Waals surface area contributed by atoms with Gasteiger partial charge >= 0.3 is 0 Å². The molecule has 0 radical (unpaired) electrons. The van der Waals surface area contributed by atoms with Gasteiger partial charge in [0.15, 0.2) is 11.5 Å². The van der Waals surface area contributed by atoms with Crippen LogP contribution in [-0.2, 0) is 11.3 Å². The molecule has 0 bridgehead atoms. The second kappa shape index (κ2) is 9.64. The number of hydrogen-bond donors (Lipinski definition) is 1. The van der Waals surface area contributed by atoms with Crippen LogP contribution in [0.3, 0.4) is 0 Å². The molecule has 1 heterocycles. The minimum Gasteiger partial charge on any atom is -0.454 e. The molecule has 0 amide bonds. The Morgan fingerprint density at radius 3 is 2.62 bits per heavy atom. The summed E-state index contributed by atoms with van der Waals surface area (Å²) in [6.07, 6.45) is 4.08. The smallest absolute Gasteiger partial charge is 0.231 e. The van der Waals surface area contributed by atoms with E-state index in [1.807, 2.05) is 25.1 Å². The van der Waals surface area contributed by atoms with E-state index in [9.17, 15) is 4.79 Å². The number of carbonyl (C=O) groups excluding carboxylic acids is 1. The van der Waals surface area contributed by atoms with Gasteiger partial charge in [0.05, 0.1) is 0 Å². The van der Waals surface area contributed by atoms with Crippen LogP contribution in [0.4, 0.5) is 0 Å². The Labute approximate surface area is 131 Å². The zero-order valence-corrected chi connectivity index (χ0v) is 13.5. The highest BCUT2D eigenvalue weighted by molar-refractivity contribution is 6.63. The Balaban J connectivity index is 0.000000212. The monoisotopic (exact) mass is 313 g/mol. The molecule has 0 saturated heterocycles. The summed E-state index contributed by atoms with van der Waals surface area (Å²) in [6, 6.07) is 5.72. The first-order valence-corrected chi connectivity index (χ1v) is 7.78. The number of halogens is 1. The fourth-order valence-electron chi connectivity index (χ4n) is 2.00. The summed E-state index contributed by atoms with van der Waals surface area (Å²) < 4.78 is 10.3. The number of carbonyl (C=O) groups is 1. The Hall–Kier alpha value is -1.26. The molecule has 0 saturated carbocycles. The first kappa shape index (κ1) is 17.8. The molecule has 1 unspecified atom stereocenters. The van der Waals surface area contributed by atoms with Crippen LogP contribution >= 0.6 is 11.6 Å². The molecule has 1 aliphatic rings. The average Bonchev–Trinajstić information content (AvgIpc) is 2.95. The van der Waals surface area contributed by atoms with Gasteiger partial charge in [-0.1, -0.05) is 32.8 Å². The summed E-state index contributed by atoms with van der Waals surface area (Å²) in [5, 5.41) is -0.170. The zero-order valence-electron chi connectivity index (χ0n) is 12.7. The molecule has 21 heavy (non-hydrogen) atoms. The molecule has 2 rings (SSSR count). The summed E-state index contributed by atoms with van der Waals surface area (Å²) in [4.78, 5) is 10.6. The maximum atomic E-state index is 10.6. The third-order valence-electron chi connectivity index (χ3n) is 3.39. The molecule has 4 nitrogen and oxygen atoms in total. The average molecular weight is 314 g/mol. The second-order valence-corrected chi connectivity index (χ2v) is 5.32. The van der Waals surface area contributed by atoms with Gasteiger partial charge < -0.3 is 15.2 Å². The van der Waals surface area contributed by atoms with Gasteiger partial charge in [-0.25, -0.2) is 0 Å². The molecule has 1 aromatic carbocycles. The first-order chi connectivity index (χ1) is 10.1. The Morgan fingerprint density at radius 1 is 1.33 bits per heavy atom. The van der Waals surface area contributed by atoms with Crippen molar-refractivity contribution in [1.82, 2.24) is 0 Å². The van der Waals surface area contributed by atoms with Gasteiger partial charge in [-0.15, -0.1) is 0 Å². The molecule has 118 valence electrons. The van der Waals surface area contributed by atoms with Gasteiger partial charge in [-0.05, 0) is 42.1 Å². The summed E-state index contributed by atoms with van der Waals surface area (Å²) in [7, 11) is 0. The number of benzene rings is 1. The van der Waals surface area contributed by atoms with Crippen molar-refractivity contribution in [3.05, 3.63) is 23.8 Å². The molecular weight excluding hydrogens is 290 g/mol. The highest BCUT2D eigenvalue weighted by Crippen LogP contribution is 2.32. The number of hydrogen-bond acceptors (Lipinski definition) is 4. The van der Waals surface area contributed by atoms with Crippen LogP contribution in [0, 0.1) is 5.92 Å². The van der Waals surface area contributed by atoms with E-state index in [2.05, 4.69) is 6.92 Å². The van der Waals surface area contributed by atoms with E-state index in [0.717, 1.165) is 42.7 Å². The van der Waals surface area contributed by atoms with Crippen molar-refractivity contribution in [2.45, 2.75) is 46.1 Å². The lowest BCUT2D eigenvalue weighted by atomic mass is 10.0. The molecule has 1 aliphatic heterocycles. The van der Waals surface area contributed by atoms with Gasteiger partial charge in [0.2, 0.25) is 12.0 Å². The van der Waals surface area contributed by atoms with E-state index >= 15 is 0 Å². The third kappa shape index (κ3) is 5.94. The van der Waals surface area contributed by atoms with Gasteiger partial charge in [-0.3, -0.25) is 4.79 Å². The number of rotatable bonds is 6. The largest absolute Gasteiger partial charge is 0.454 e. The predicted molar refractivity (Wildman–Crippen MR) is 84.6 cm³/mol. The molecule has 0 fully saturated rings. The highest BCUT2D eigenvalue weighted by Gasteiger charge is 2.12. The minimum atomic E-state index is -0.170. The Kier molecular flexibility index (Phi) is 8.16. The number of nitrogens with two attached hydrogens (primary N) is 1. The predicted octanol–water partition coefficient (Wildman–Crippen LogP) is 3.84. The molecule has 0 aliphatic carbocycles. The van der Waals surface area contributed by atoms with Crippen LogP contribution in [-0.4, -0.2) is 12.0 Å². The van der Waals surface area contributed by atoms with Crippen molar-refractivity contribution in [2.24, 2.45) is 11.7 Å². The van der Waals surface area contributed by atoms with Crippen LogP contribution < -0.4 is 15.2 Å². The van der Waals surface area contributed by atoms with Crippen molar-refractivity contribution in [3.63, 3.8) is 0 Å². The van der Waals surface area contributed by atoms with Crippen molar-refractivity contribution in [3.8, 4) is 11.5 Å². The highest BCUT2D eigenvalue weighted by atomic mass is 35.5. The van der Waals surface area contributed by atoms with Crippen molar-refractivity contribution >= 4 is 16.8 Å². The van der Waals surface area contributed by atoms with Crippen LogP contribution in [0.1, 0.15) is 45.1 Å². The summed E-state index contributed by atoms with van der Waals surface area (Å²) in [5.41, 5.74) is 6.51. The molecule has 0 spiro atoms. The lowest BCUT2D eigenvalue weighted by molar-refractivity contribution is -0.115. The fourth-order valence-corrected chi connectivity index (χ4v) is 2.26. The standard InChI is InChI=1S/C8H15ClO.C8H9NO2/c1-3-5-6-7(4-2)8(9)10;9-4-6-1-2-7-8(3-6)11-5-10-7/h7H,3-6H2,1-2H3;1-3H,4-5,9H2. The number of unbranched alkanes of at least 4 members (excludes halogenated alkanes) is 1. The maximum absolute atomic E-state index is 10.6. The van der Waals surface area contributed by atoms with E-state index in [1.165, 1.54) is 0 Å². The van der Waals surface area contributed by atoms with Crippen LogP contribution in [0.5, 0.6) is 11.5 Å². The van der Waals surface area contributed by atoms with Crippen LogP contribution in [0.15, 0.2) is 18.2 Å². The lowest BCUT2D eigenvalue weighted by Crippen LogP contribution is -2.06. The SMILES string of the molecule is CCCCC(CC)C(=O)Cl.NCc1ccc2c(c1)OCO2. The Bertz CT molecular complexity index is 451.